The van der Waals surface area contributed by atoms with Crippen LogP contribution in [0.4, 0.5) is 4.79 Å². The number of amides is 2. The number of rotatable bonds is 8. The molecule has 0 saturated carbocycles. The fourth-order valence-corrected chi connectivity index (χ4v) is 3.19. The van der Waals surface area contributed by atoms with Crippen molar-refractivity contribution in [2.24, 2.45) is 5.92 Å². The van der Waals surface area contributed by atoms with E-state index in [9.17, 15) is 9.59 Å². The van der Waals surface area contributed by atoms with Gasteiger partial charge in [0.25, 0.3) is 0 Å². The Balaban J connectivity index is 2.33. The first-order valence-electron chi connectivity index (χ1n) is 8.27. The molecular weight excluding hydrogens is 268 g/mol. The van der Waals surface area contributed by atoms with Gasteiger partial charge in [-0.15, -0.1) is 0 Å². The number of nitrogens with zero attached hydrogens (tertiary/aromatic N) is 1. The van der Waals surface area contributed by atoms with Crippen LogP contribution in [0.3, 0.4) is 0 Å². The van der Waals surface area contributed by atoms with Crippen LogP contribution in [-0.2, 0) is 4.79 Å². The Morgan fingerprint density at radius 3 is 2.57 bits per heavy atom. The van der Waals surface area contributed by atoms with Gasteiger partial charge in [0, 0.05) is 25.0 Å². The maximum absolute atomic E-state index is 12.3. The van der Waals surface area contributed by atoms with Crippen LogP contribution in [0.5, 0.6) is 0 Å². The van der Waals surface area contributed by atoms with Crippen LogP contribution >= 0.6 is 0 Å². The number of likely N-dealkylation sites (tertiary alicyclic amines) is 1. The molecular formula is C16H30N2O3. The predicted molar refractivity (Wildman–Crippen MR) is 83.3 cm³/mol. The number of urea groups is 1. The molecule has 0 aromatic heterocycles. The zero-order valence-corrected chi connectivity index (χ0v) is 13.6. The van der Waals surface area contributed by atoms with Crippen LogP contribution in [0, 0.1) is 5.92 Å². The van der Waals surface area contributed by atoms with E-state index >= 15 is 0 Å². The SMILES string of the molecule is CCC(CCNC(=O)N1C(C)CCC1CC)CCC(=O)O. The van der Waals surface area contributed by atoms with Crippen LogP contribution in [0.2, 0.25) is 0 Å². The largest absolute Gasteiger partial charge is 0.481 e. The molecule has 1 aliphatic heterocycles. The van der Waals surface area contributed by atoms with Crippen LogP contribution in [-0.4, -0.2) is 40.6 Å². The lowest BCUT2D eigenvalue weighted by Crippen LogP contribution is -2.46. The van der Waals surface area contributed by atoms with Crippen molar-refractivity contribution in [2.45, 2.75) is 77.8 Å². The fraction of sp³-hybridized carbons (Fsp3) is 0.875. The monoisotopic (exact) mass is 298 g/mol. The summed E-state index contributed by atoms with van der Waals surface area (Å²) in [7, 11) is 0. The topological polar surface area (TPSA) is 69.6 Å². The first kappa shape index (κ1) is 17.8. The molecule has 3 unspecified atom stereocenters. The first-order valence-corrected chi connectivity index (χ1v) is 8.27. The number of hydrogen-bond acceptors (Lipinski definition) is 2. The van der Waals surface area contributed by atoms with Crippen LogP contribution < -0.4 is 5.32 Å². The van der Waals surface area contributed by atoms with Crippen molar-refractivity contribution < 1.29 is 14.7 Å². The minimum absolute atomic E-state index is 0.0416. The lowest BCUT2D eigenvalue weighted by atomic mass is 9.97. The van der Waals surface area contributed by atoms with E-state index < -0.39 is 5.97 Å². The highest BCUT2D eigenvalue weighted by Crippen LogP contribution is 2.25. The molecule has 2 amide bonds. The second-order valence-corrected chi connectivity index (χ2v) is 6.12. The van der Waals surface area contributed by atoms with E-state index in [1.165, 1.54) is 0 Å². The van der Waals surface area contributed by atoms with Gasteiger partial charge < -0.3 is 15.3 Å². The van der Waals surface area contributed by atoms with E-state index in [0.717, 1.165) is 32.1 Å². The molecule has 0 aromatic rings. The first-order chi connectivity index (χ1) is 9.99. The van der Waals surface area contributed by atoms with Gasteiger partial charge in [-0.25, -0.2) is 4.79 Å². The summed E-state index contributed by atoms with van der Waals surface area (Å²) in [4.78, 5) is 24.9. The smallest absolute Gasteiger partial charge is 0.317 e. The number of carboxylic acids is 1. The minimum Gasteiger partial charge on any atom is -0.481 e. The quantitative estimate of drug-likeness (QED) is 0.722. The van der Waals surface area contributed by atoms with E-state index in [1.54, 1.807) is 0 Å². The van der Waals surface area contributed by atoms with Crippen molar-refractivity contribution in [1.82, 2.24) is 10.2 Å². The Bertz CT molecular complexity index is 346. The fourth-order valence-electron chi connectivity index (χ4n) is 3.19. The number of carbonyl (C=O) groups is 2. The summed E-state index contributed by atoms with van der Waals surface area (Å²) in [6, 6.07) is 0.734. The Labute approximate surface area is 128 Å². The number of aliphatic carboxylic acids is 1. The predicted octanol–water partition coefficient (Wildman–Crippen LogP) is 3.24. The van der Waals surface area contributed by atoms with E-state index in [0.29, 0.717) is 31.0 Å². The Morgan fingerprint density at radius 1 is 1.29 bits per heavy atom. The van der Waals surface area contributed by atoms with Crippen molar-refractivity contribution >= 4 is 12.0 Å². The van der Waals surface area contributed by atoms with Crippen LogP contribution in [0.15, 0.2) is 0 Å². The molecule has 2 N–H and O–H groups in total. The van der Waals surface area contributed by atoms with E-state index in [2.05, 4.69) is 26.1 Å². The van der Waals surface area contributed by atoms with Crippen LogP contribution in [0.25, 0.3) is 0 Å². The average Bonchev–Trinajstić information content (AvgIpc) is 2.83. The molecule has 122 valence electrons. The van der Waals surface area contributed by atoms with E-state index in [1.807, 2.05) is 4.90 Å². The third-order valence-electron chi connectivity index (χ3n) is 4.66. The summed E-state index contributed by atoms with van der Waals surface area (Å²) >= 11 is 0. The van der Waals surface area contributed by atoms with Crippen molar-refractivity contribution in [2.75, 3.05) is 6.54 Å². The number of carbonyl (C=O) groups excluding carboxylic acids is 1. The summed E-state index contributed by atoms with van der Waals surface area (Å²) in [6.45, 7) is 6.94. The summed E-state index contributed by atoms with van der Waals surface area (Å²) in [5.74, 6) is -0.367. The maximum Gasteiger partial charge on any atom is 0.317 e. The normalized spacial score (nSPS) is 23.1. The Hall–Kier alpha value is -1.26. The van der Waals surface area contributed by atoms with E-state index in [-0.39, 0.29) is 12.5 Å². The number of carboxylic acid groups (broad SMARTS) is 1. The molecule has 21 heavy (non-hydrogen) atoms. The highest BCUT2D eigenvalue weighted by atomic mass is 16.4. The van der Waals surface area contributed by atoms with Gasteiger partial charge in [-0.2, -0.15) is 0 Å². The molecule has 0 spiro atoms. The molecule has 1 heterocycles. The molecule has 1 fully saturated rings. The lowest BCUT2D eigenvalue weighted by molar-refractivity contribution is -0.137. The second-order valence-electron chi connectivity index (χ2n) is 6.12. The van der Waals surface area contributed by atoms with Gasteiger partial charge >= 0.3 is 12.0 Å². The summed E-state index contributed by atoms with van der Waals surface area (Å²) in [6.07, 6.45) is 5.92. The molecule has 1 rings (SSSR count). The molecule has 0 radical (unpaired) electrons. The maximum atomic E-state index is 12.3. The zero-order chi connectivity index (χ0) is 15.8. The molecule has 0 aliphatic carbocycles. The minimum atomic E-state index is -0.742. The highest BCUT2D eigenvalue weighted by molar-refractivity contribution is 5.75. The van der Waals surface area contributed by atoms with Crippen molar-refractivity contribution in [1.29, 1.82) is 0 Å². The second kappa shape index (κ2) is 8.90. The van der Waals surface area contributed by atoms with Crippen molar-refractivity contribution in [3.05, 3.63) is 0 Å². The number of nitrogens with one attached hydrogen (secondary N) is 1. The summed E-state index contributed by atoms with van der Waals surface area (Å²) in [5.41, 5.74) is 0. The van der Waals surface area contributed by atoms with Gasteiger partial charge in [0.2, 0.25) is 0 Å². The third-order valence-corrected chi connectivity index (χ3v) is 4.66. The van der Waals surface area contributed by atoms with Crippen molar-refractivity contribution in [3.63, 3.8) is 0 Å². The summed E-state index contributed by atoms with van der Waals surface area (Å²) < 4.78 is 0. The van der Waals surface area contributed by atoms with E-state index in [4.69, 9.17) is 5.11 Å². The zero-order valence-electron chi connectivity index (χ0n) is 13.6. The third kappa shape index (κ3) is 5.56. The number of hydrogen-bond donors (Lipinski definition) is 2. The van der Waals surface area contributed by atoms with Gasteiger partial charge in [0.15, 0.2) is 0 Å². The molecule has 0 bridgehead atoms. The molecule has 1 aliphatic rings. The van der Waals surface area contributed by atoms with Gasteiger partial charge in [0.05, 0.1) is 0 Å². The van der Waals surface area contributed by atoms with Gasteiger partial charge in [-0.3, -0.25) is 4.79 Å². The highest BCUT2D eigenvalue weighted by Gasteiger charge is 2.32. The van der Waals surface area contributed by atoms with Crippen LogP contribution in [0.1, 0.15) is 65.7 Å². The van der Waals surface area contributed by atoms with Gasteiger partial charge in [-0.1, -0.05) is 20.3 Å². The average molecular weight is 298 g/mol. The standard InChI is InChI=1S/C16H30N2O3/c1-4-13(7-9-15(19)20)10-11-17-16(21)18-12(3)6-8-14(18)5-2/h12-14H,4-11H2,1-3H3,(H,17,21)(H,19,20). The van der Waals surface area contributed by atoms with Gasteiger partial charge in [0.1, 0.15) is 0 Å². The Kier molecular flexibility index (Phi) is 7.54. The van der Waals surface area contributed by atoms with Crippen molar-refractivity contribution in [3.8, 4) is 0 Å². The molecule has 0 aromatic carbocycles. The molecule has 3 atom stereocenters. The molecule has 1 saturated heterocycles. The lowest BCUT2D eigenvalue weighted by Gasteiger charge is -2.28. The Morgan fingerprint density at radius 2 is 2.00 bits per heavy atom. The van der Waals surface area contributed by atoms with Gasteiger partial charge in [-0.05, 0) is 44.9 Å². The molecule has 5 nitrogen and oxygen atoms in total. The summed E-state index contributed by atoms with van der Waals surface area (Å²) in [5, 5.41) is 11.7. The molecule has 5 heteroatoms.